The second-order valence-corrected chi connectivity index (χ2v) is 12.5. The van der Waals surface area contributed by atoms with Crippen LogP contribution in [-0.2, 0) is 14.4 Å². The number of carboxylic acid groups (broad SMARTS) is 3. The van der Waals surface area contributed by atoms with Gasteiger partial charge in [0.1, 0.15) is 5.75 Å². The van der Waals surface area contributed by atoms with Crippen LogP contribution in [0, 0.1) is 0 Å². The minimum atomic E-state index is -2.74. The van der Waals surface area contributed by atoms with Gasteiger partial charge in [0.05, 0.1) is 24.5 Å². The summed E-state index contributed by atoms with van der Waals surface area (Å²) in [6, 6.07) is 28.9. The average Bonchev–Trinajstić information content (AvgIpc) is 3.10. The fraction of sp³-hybridized carbons (Fsp3) is 0.425. The van der Waals surface area contributed by atoms with Gasteiger partial charge in [0.2, 0.25) is 0 Å². The molecule has 50 heavy (non-hydrogen) atoms. The van der Waals surface area contributed by atoms with Crippen LogP contribution in [0.2, 0.25) is 0 Å². The summed E-state index contributed by atoms with van der Waals surface area (Å²) in [5.74, 6) is -4.10. The molecule has 0 saturated carbocycles. The molecule has 4 N–H and O–H groups in total. The van der Waals surface area contributed by atoms with Crippen LogP contribution >= 0.6 is 11.6 Å². The van der Waals surface area contributed by atoms with E-state index in [4.69, 9.17) is 36.8 Å². The van der Waals surface area contributed by atoms with Gasteiger partial charge in [0.25, 0.3) is 0 Å². The van der Waals surface area contributed by atoms with Gasteiger partial charge in [-0.25, -0.2) is 4.79 Å². The van der Waals surface area contributed by atoms with Crippen LogP contribution in [0.5, 0.6) is 5.75 Å². The Labute approximate surface area is 301 Å². The minimum absolute atomic E-state index is 0.754. The second kappa shape index (κ2) is 23.3. The van der Waals surface area contributed by atoms with Gasteiger partial charge in [0, 0.05) is 5.57 Å². The molecule has 3 rings (SSSR count). The number of nitrogens with zero attached hydrogens (tertiary/aromatic N) is 1. The Morgan fingerprint density at radius 1 is 0.640 bits per heavy atom. The van der Waals surface area contributed by atoms with Crippen LogP contribution in [0.3, 0.4) is 0 Å². The standard InChI is InChI=1S/C34H44ClNO.C6H8O7/c1-3-36(4-2)27-17-9-7-5-6-8-10-18-28-37-32-25-23-30(24-26-32)33(29-19-13-11-14-20-29)34(35)31-21-15-12-16-22-31;7-3(8)1-6(13,5(11)12)2-4(9)10/h11-16,19-26H,3-10,17-18,27-28H2,1-2H3;13H,1-2H2,(H,7,8)(H,9,10)(H,11,12)/b34-33+;. The van der Waals surface area contributed by atoms with Crippen molar-refractivity contribution in [1.82, 2.24) is 4.90 Å². The Balaban J connectivity index is 0.000000565. The van der Waals surface area contributed by atoms with Crippen molar-refractivity contribution < 1.29 is 39.5 Å². The van der Waals surface area contributed by atoms with E-state index in [2.05, 4.69) is 79.4 Å². The molecule has 9 nitrogen and oxygen atoms in total. The lowest BCUT2D eigenvalue weighted by molar-refractivity contribution is -0.170. The molecule has 0 spiro atoms. The van der Waals surface area contributed by atoms with Crippen molar-refractivity contribution in [1.29, 1.82) is 0 Å². The van der Waals surface area contributed by atoms with Crippen LogP contribution < -0.4 is 4.74 Å². The first-order valence-corrected chi connectivity index (χ1v) is 17.7. The van der Waals surface area contributed by atoms with Gasteiger partial charge >= 0.3 is 17.9 Å². The summed E-state index contributed by atoms with van der Waals surface area (Å²) in [4.78, 5) is 33.0. The van der Waals surface area contributed by atoms with E-state index in [0.717, 1.165) is 46.1 Å². The molecule has 0 aromatic heterocycles. The maximum Gasteiger partial charge on any atom is 0.336 e. The monoisotopic (exact) mass is 709 g/mol. The Hall–Kier alpha value is -4.18. The zero-order valence-electron chi connectivity index (χ0n) is 29.2. The van der Waals surface area contributed by atoms with Gasteiger partial charge in [-0.2, -0.15) is 0 Å². The number of hydrogen-bond acceptors (Lipinski definition) is 6. The fourth-order valence-electron chi connectivity index (χ4n) is 5.41. The van der Waals surface area contributed by atoms with E-state index in [-0.39, 0.29) is 0 Å². The Morgan fingerprint density at radius 3 is 1.54 bits per heavy atom. The van der Waals surface area contributed by atoms with Gasteiger partial charge in [-0.05, 0) is 61.3 Å². The van der Waals surface area contributed by atoms with Crippen LogP contribution in [0.15, 0.2) is 84.9 Å². The van der Waals surface area contributed by atoms with Crippen molar-refractivity contribution in [2.24, 2.45) is 0 Å². The minimum Gasteiger partial charge on any atom is -0.494 e. The van der Waals surface area contributed by atoms with E-state index in [9.17, 15) is 14.4 Å². The number of halogens is 1. The molecule has 0 aliphatic carbocycles. The van der Waals surface area contributed by atoms with Crippen molar-refractivity contribution in [2.45, 2.75) is 83.7 Å². The summed E-state index contributed by atoms with van der Waals surface area (Å²) in [7, 11) is 0. The van der Waals surface area contributed by atoms with Crippen LogP contribution in [-0.4, -0.2) is 75.1 Å². The van der Waals surface area contributed by atoms with Crippen molar-refractivity contribution in [3.63, 3.8) is 0 Å². The van der Waals surface area contributed by atoms with Gasteiger partial charge in [-0.3, -0.25) is 9.59 Å². The van der Waals surface area contributed by atoms with Crippen molar-refractivity contribution in [3.05, 3.63) is 102 Å². The average molecular weight is 710 g/mol. The SMILES string of the molecule is CCN(CC)CCCCCCCCCCOc1ccc(/C(=C(/Cl)c2ccccc2)c2ccccc2)cc1.O=C(O)CC(O)(CC(=O)O)C(=O)O. The third-order valence-corrected chi connectivity index (χ3v) is 8.68. The number of rotatable bonds is 22. The van der Waals surface area contributed by atoms with E-state index in [1.165, 1.54) is 64.6 Å². The molecule has 0 bridgehead atoms. The number of unbranched alkanes of at least 4 members (excludes halogenated alkanes) is 7. The van der Waals surface area contributed by atoms with Crippen molar-refractivity contribution >= 4 is 40.1 Å². The molecule has 0 heterocycles. The molecule has 3 aromatic rings. The van der Waals surface area contributed by atoms with E-state index in [0.29, 0.717) is 0 Å². The van der Waals surface area contributed by atoms with E-state index < -0.39 is 36.4 Å². The lowest BCUT2D eigenvalue weighted by atomic mass is 9.95. The number of benzene rings is 3. The molecule has 3 aromatic carbocycles. The molecule has 0 amide bonds. The number of aliphatic hydroxyl groups is 1. The third-order valence-electron chi connectivity index (χ3n) is 8.27. The molecule has 0 fully saturated rings. The maximum absolute atomic E-state index is 10.3. The highest BCUT2D eigenvalue weighted by Crippen LogP contribution is 2.35. The normalized spacial score (nSPS) is 11.7. The zero-order valence-corrected chi connectivity index (χ0v) is 30.0. The Morgan fingerprint density at radius 2 is 1.08 bits per heavy atom. The summed E-state index contributed by atoms with van der Waals surface area (Å²) < 4.78 is 6.04. The Bertz CT molecular complexity index is 1440. The summed E-state index contributed by atoms with van der Waals surface area (Å²) in [6.07, 6.45) is 8.16. The quantitative estimate of drug-likeness (QED) is 0.0597. The number of carbonyl (C=O) groups is 3. The zero-order chi connectivity index (χ0) is 36.8. The lowest BCUT2D eigenvalue weighted by Crippen LogP contribution is -2.42. The molecule has 0 radical (unpaired) electrons. The van der Waals surface area contributed by atoms with E-state index in [1.807, 2.05) is 24.3 Å². The van der Waals surface area contributed by atoms with Crippen LogP contribution in [0.25, 0.3) is 10.6 Å². The largest absolute Gasteiger partial charge is 0.494 e. The highest BCUT2D eigenvalue weighted by Gasteiger charge is 2.40. The predicted molar refractivity (Wildman–Crippen MR) is 198 cm³/mol. The van der Waals surface area contributed by atoms with Gasteiger partial charge in [0.15, 0.2) is 5.60 Å². The molecule has 0 aliphatic heterocycles. The highest BCUT2D eigenvalue weighted by molar-refractivity contribution is 6.53. The van der Waals surface area contributed by atoms with Gasteiger partial charge in [-0.1, -0.05) is 137 Å². The summed E-state index contributed by atoms with van der Waals surface area (Å²) in [5.41, 5.74) is 1.51. The Kier molecular flexibility index (Phi) is 19.5. The fourth-order valence-corrected chi connectivity index (χ4v) is 5.76. The lowest BCUT2D eigenvalue weighted by Gasteiger charge is -2.18. The van der Waals surface area contributed by atoms with E-state index >= 15 is 0 Å². The third kappa shape index (κ3) is 15.6. The van der Waals surface area contributed by atoms with Crippen molar-refractivity contribution in [3.8, 4) is 5.75 Å². The number of ether oxygens (including phenoxy) is 1. The van der Waals surface area contributed by atoms with Gasteiger partial charge < -0.3 is 30.1 Å². The topological polar surface area (TPSA) is 145 Å². The molecule has 10 heteroatoms. The number of hydrogen-bond donors (Lipinski definition) is 4. The van der Waals surface area contributed by atoms with Crippen LogP contribution in [0.4, 0.5) is 0 Å². The number of aliphatic carboxylic acids is 3. The summed E-state index contributed by atoms with van der Waals surface area (Å²) in [6.45, 7) is 8.90. The van der Waals surface area contributed by atoms with E-state index in [1.54, 1.807) is 0 Å². The summed E-state index contributed by atoms with van der Waals surface area (Å²) in [5, 5.41) is 34.6. The maximum atomic E-state index is 10.3. The predicted octanol–water partition coefficient (Wildman–Crippen LogP) is 8.43. The molecular weight excluding hydrogens is 658 g/mol. The molecule has 0 aliphatic rings. The highest BCUT2D eigenvalue weighted by atomic mass is 35.5. The first-order chi connectivity index (χ1) is 24.0. The molecule has 0 atom stereocenters. The number of carboxylic acids is 3. The first-order valence-electron chi connectivity index (χ1n) is 17.4. The smallest absolute Gasteiger partial charge is 0.336 e. The summed E-state index contributed by atoms with van der Waals surface area (Å²) >= 11 is 6.93. The van der Waals surface area contributed by atoms with Gasteiger partial charge in [-0.15, -0.1) is 0 Å². The van der Waals surface area contributed by atoms with Crippen molar-refractivity contribution in [2.75, 3.05) is 26.2 Å². The molecular formula is C40H52ClNO8. The molecule has 0 saturated heterocycles. The second-order valence-electron chi connectivity index (χ2n) is 12.1. The molecule has 0 unspecified atom stereocenters. The van der Waals surface area contributed by atoms with Crippen LogP contribution in [0.1, 0.15) is 94.7 Å². The first kappa shape index (κ1) is 42.0. The molecule has 272 valence electrons.